The van der Waals surface area contributed by atoms with E-state index in [1.165, 1.54) is 19.3 Å². The summed E-state index contributed by atoms with van der Waals surface area (Å²) in [5.74, 6) is 0.894. The van der Waals surface area contributed by atoms with Crippen molar-refractivity contribution >= 4 is 0 Å². The third-order valence-electron chi connectivity index (χ3n) is 3.12. The molecule has 0 radical (unpaired) electrons. The minimum absolute atomic E-state index is 0.221. The molecule has 0 aromatic heterocycles. The number of aliphatic hydroxyl groups excluding tert-OH is 1. The summed E-state index contributed by atoms with van der Waals surface area (Å²) < 4.78 is 0. The van der Waals surface area contributed by atoms with Crippen molar-refractivity contribution in [1.29, 1.82) is 0 Å². The Kier molecular flexibility index (Phi) is 6.22. The fourth-order valence-electron chi connectivity index (χ4n) is 2.06. The van der Waals surface area contributed by atoms with Crippen LogP contribution in [0.2, 0.25) is 0 Å². The maximum atomic E-state index is 9.75. The Hall–Kier alpha value is -0.120. The van der Waals surface area contributed by atoms with Crippen LogP contribution in [0.5, 0.6) is 0 Å². The second kappa shape index (κ2) is 7.20. The molecule has 1 aliphatic rings. The standard InChI is InChI=1S/C12H26N2O/c1-3-7-13-8-12(15)10-14(2)9-11-5-4-6-11/h11-13,15H,3-10H2,1-2H3. The smallest absolute Gasteiger partial charge is 0.0791 e. The first-order valence-corrected chi connectivity index (χ1v) is 6.29. The van der Waals surface area contributed by atoms with E-state index in [9.17, 15) is 5.11 Å². The number of hydrogen-bond donors (Lipinski definition) is 2. The van der Waals surface area contributed by atoms with Gasteiger partial charge in [-0.05, 0) is 38.8 Å². The Morgan fingerprint density at radius 2 is 2.20 bits per heavy atom. The molecule has 0 aromatic rings. The van der Waals surface area contributed by atoms with Gasteiger partial charge in [0.1, 0.15) is 0 Å². The molecule has 90 valence electrons. The van der Waals surface area contributed by atoms with Crippen LogP contribution in [0.25, 0.3) is 0 Å². The molecule has 1 aliphatic carbocycles. The minimum atomic E-state index is -0.221. The van der Waals surface area contributed by atoms with E-state index < -0.39 is 0 Å². The number of likely N-dealkylation sites (N-methyl/N-ethyl adjacent to an activating group) is 1. The SMILES string of the molecule is CCCNCC(O)CN(C)CC1CCC1. The summed E-state index contributed by atoms with van der Waals surface area (Å²) in [6, 6.07) is 0. The Morgan fingerprint density at radius 3 is 2.73 bits per heavy atom. The molecule has 1 rings (SSSR count). The predicted octanol–water partition coefficient (Wildman–Crippen LogP) is 1.08. The molecular weight excluding hydrogens is 188 g/mol. The lowest BCUT2D eigenvalue weighted by atomic mass is 9.85. The molecule has 0 aliphatic heterocycles. The lowest BCUT2D eigenvalue weighted by molar-refractivity contribution is 0.105. The number of rotatable bonds is 8. The zero-order chi connectivity index (χ0) is 11.1. The molecule has 15 heavy (non-hydrogen) atoms. The van der Waals surface area contributed by atoms with E-state index in [0.717, 1.165) is 38.5 Å². The molecule has 1 fully saturated rings. The molecule has 2 N–H and O–H groups in total. The number of nitrogens with zero attached hydrogens (tertiary/aromatic N) is 1. The van der Waals surface area contributed by atoms with Crippen molar-refractivity contribution < 1.29 is 5.11 Å². The van der Waals surface area contributed by atoms with E-state index in [-0.39, 0.29) is 6.10 Å². The van der Waals surface area contributed by atoms with Crippen LogP contribution < -0.4 is 5.32 Å². The van der Waals surface area contributed by atoms with Crippen molar-refractivity contribution in [3.05, 3.63) is 0 Å². The molecule has 0 amide bonds. The van der Waals surface area contributed by atoms with Crippen molar-refractivity contribution in [2.45, 2.75) is 38.7 Å². The van der Waals surface area contributed by atoms with Crippen LogP contribution in [-0.4, -0.2) is 49.3 Å². The summed E-state index contributed by atoms with van der Waals surface area (Å²) in [5.41, 5.74) is 0. The molecule has 0 bridgehead atoms. The first kappa shape index (κ1) is 12.9. The molecule has 0 heterocycles. The third-order valence-corrected chi connectivity index (χ3v) is 3.12. The highest BCUT2D eigenvalue weighted by molar-refractivity contribution is 4.74. The van der Waals surface area contributed by atoms with Crippen LogP contribution in [0, 0.1) is 5.92 Å². The van der Waals surface area contributed by atoms with Gasteiger partial charge < -0.3 is 15.3 Å². The van der Waals surface area contributed by atoms with Gasteiger partial charge in [-0.25, -0.2) is 0 Å². The zero-order valence-corrected chi connectivity index (χ0v) is 10.2. The van der Waals surface area contributed by atoms with Gasteiger partial charge >= 0.3 is 0 Å². The molecule has 0 saturated heterocycles. The molecule has 1 saturated carbocycles. The van der Waals surface area contributed by atoms with Crippen LogP contribution in [0.3, 0.4) is 0 Å². The van der Waals surface area contributed by atoms with Crippen LogP contribution in [-0.2, 0) is 0 Å². The van der Waals surface area contributed by atoms with Gasteiger partial charge in [0.15, 0.2) is 0 Å². The average molecular weight is 214 g/mol. The normalized spacial score (nSPS) is 19.2. The summed E-state index contributed by atoms with van der Waals surface area (Å²) in [6.07, 6.45) is 5.08. The van der Waals surface area contributed by atoms with E-state index in [1.54, 1.807) is 0 Å². The second-order valence-corrected chi connectivity index (χ2v) is 4.88. The van der Waals surface area contributed by atoms with Crippen molar-refractivity contribution in [1.82, 2.24) is 10.2 Å². The number of hydrogen-bond acceptors (Lipinski definition) is 3. The Balaban J connectivity index is 1.99. The predicted molar refractivity (Wildman–Crippen MR) is 64.0 cm³/mol. The lowest BCUT2D eigenvalue weighted by Gasteiger charge is -2.31. The fraction of sp³-hybridized carbons (Fsp3) is 1.00. The zero-order valence-electron chi connectivity index (χ0n) is 10.2. The average Bonchev–Trinajstić information content (AvgIpc) is 2.12. The molecule has 3 nitrogen and oxygen atoms in total. The third kappa shape index (κ3) is 5.50. The van der Waals surface area contributed by atoms with Gasteiger partial charge in [-0.2, -0.15) is 0 Å². The maximum Gasteiger partial charge on any atom is 0.0791 e. The molecule has 0 aromatic carbocycles. The maximum absolute atomic E-state index is 9.75. The highest BCUT2D eigenvalue weighted by Gasteiger charge is 2.19. The quantitative estimate of drug-likeness (QED) is 0.594. The second-order valence-electron chi connectivity index (χ2n) is 4.88. The van der Waals surface area contributed by atoms with Gasteiger partial charge in [-0.1, -0.05) is 13.3 Å². The molecule has 1 atom stereocenters. The first-order valence-electron chi connectivity index (χ1n) is 6.29. The van der Waals surface area contributed by atoms with Crippen molar-refractivity contribution in [3.63, 3.8) is 0 Å². The summed E-state index contributed by atoms with van der Waals surface area (Å²) in [4.78, 5) is 2.27. The van der Waals surface area contributed by atoms with Gasteiger partial charge in [0, 0.05) is 19.6 Å². The Bertz CT molecular complexity index is 160. The summed E-state index contributed by atoms with van der Waals surface area (Å²) in [5, 5.41) is 13.0. The lowest BCUT2D eigenvalue weighted by Crippen LogP contribution is -2.39. The molecular formula is C12H26N2O. The number of aliphatic hydroxyl groups is 1. The van der Waals surface area contributed by atoms with E-state index >= 15 is 0 Å². The van der Waals surface area contributed by atoms with Crippen molar-refractivity contribution in [2.75, 3.05) is 33.2 Å². The summed E-state index contributed by atoms with van der Waals surface area (Å²) >= 11 is 0. The Morgan fingerprint density at radius 1 is 1.47 bits per heavy atom. The van der Waals surface area contributed by atoms with E-state index in [0.29, 0.717) is 0 Å². The topological polar surface area (TPSA) is 35.5 Å². The van der Waals surface area contributed by atoms with E-state index in [2.05, 4.69) is 24.2 Å². The van der Waals surface area contributed by atoms with Gasteiger partial charge in [-0.3, -0.25) is 0 Å². The van der Waals surface area contributed by atoms with E-state index in [4.69, 9.17) is 0 Å². The minimum Gasteiger partial charge on any atom is -0.390 e. The first-order chi connectivity index (χ1) is 7.22. The summed E-state index contributed by atoms with van der Waals surface area (Å²) in [6.45, 7) is 5.83. The fourth-order valence-corrected chi connectivity index (χ4v) is 2.06. The van der Waals surface area contributed by atoms with Gasteiger partial charge in [0.25, 0.3) is 0 Å². The van der Waals surface area contributed by atoms with Crippen molar-refractivity contribution in [3.8, 4) is 0 Å². The van der Waals surface area contributed by atoms with Gasteiger partial charge in [-0.15, -0.1) is 0 Å². The Labute approximate surface area is 93.9 Å². The highest BCUT2D eigenvalue weighted by atomic mass is 16.3. The number of nitrogens with one attached hydrogen (secondary N) is 1. The molecule has 3 heteroatoms. The van der Waals surface area contributed by atoms with Gasteiger partial charge in [0.2, 0.25) is 0 Å². The van der Waals surface area contributed by atoms with Crippen molar-refractivity contribution in [2.24, 2.45) is 5.92 Å². The van der Waals surface area contributed by atoms with E-state index in [1.807, 2.05) is 0 Å². The largest absolute Gasteiger partial charge is 0.390 e. The highest BCUT2D eigenvalue weighted by Crippen LogP contribution is 2.26. The van der Waals surface area contributed by atoms with Gasteiger partial charge in [0.05, 0.1) is 6.10 Å². The monoisotopic (exact) mass is 214 g/mol. The van der Waals surface area contributed by atoms with Crippen LogP contribution in [0.4, 0.5) is 0 Å². The van der Waals surface area contributed by atoms with Crippen LogP contribution in [0.1, 0.15) is 32.6 Å². The van der Waals surface area contributed by atoms with Crippen LogP contribution in [0.15, 0.2) is 0 Å². The molecule has 0 spiro atoms. The molecule has 1 unspecified atom stereocenters. The summed E-state index contributed by atoms with van der Waals surface area (Å²) in [7, 11) is 2.11. The van der Waals surface area contributed by atoms with Crippen LogP contribution >= 0.6 is 0 Å².